The minimum absolute atomic E-state index is 0.538. The minimum atomic E-state index is 0.538. The van der Waals surface area contributed by atoms with Crippen LogP contribution in [0.1, 0.15) is 17.5 Å². The molecule has 25 heavy (non-hydrogen) atoms. The van der Waals surface area contributed by atoms with E-state index in [0.717, 1.165) is 35.4 Å². The van der Waals surface area contributed by atoms with E-state index in [1.165, 1.54) is 23.9 Å². The normalized spacial score (nSPS) is 13.1. The molecule has 0 aliphatic heterocycles. The fourth-order valence-corrected chi connectivity index (χ4v) is 3.45. The van der Waals surface area contributed by atoms with Crippen molar-refractivity contribution in [2.75, 3.05) is 0 Å². The quantitative estimate of drug-likeness (QED) is 0.569. The lowest BCUT2D eigenvalue weighted by molar-refractivity contribution is 0.462. The van der Waals surface area contributed by atoms with Gasteiger partial charge < -0.3 is 4.74 Å². The first-order valence-corrected chi connectivity index (χ1v) is 8.41. The lowest BCUT2D eigenvalue weighted by Gasteiger charge is -2.11. The third kappa shape index (κ3) is 2.45. The smallest absolute Gasteiger partial charge is 0.231 e. The summed E-state index contributed by atoms with van der Waals surface area (Å²) in [4.78, 5) is 8.54. The number of aromatic nitrogens is 4. The van der Waals surface area contributed by atoms with Crippen molar-refractivity contribution in [3.05, 3.63) is 72.3 Å². The topological polar surface area (TPSA) is 52.3 Å². The fraction of sp³-hybridized carbons (Fsp3) is 0.150. The first kappa shape index (κ1) is 14.2. The molecule has 0 radical (unpaired) electrons. The van der Waals surface area contributed by atoms with Crippen molar-refractivity contribution in [1.29, 1.82) is 0 Å². The second-order valence-corrected chi connectivity index (χ2v) is 6.21. The van der Waals surface area contributed by atoms with Gasteiger partial charge in [-0.05, 0) is 60.7 Å². The van der Waals surface area contributed by atoms with E-state index in [9.17, 15) is 0 Å². The van der Waals surface area contributed by atoms with Crippen molar-refractivity contribution in [1.82, 2.24) is 19.6 Å². The lowest BCUT2D eigenvalue weighted by atomic mass is 10.1. The van der Waals surface area contributed by atoms with Gasteiger partial charge in [-0.3, -0.25) is 0 Å². The van der Waals surface area contributed by atoms with Gasteiger partial charge in [-0.1, -0.05) is 12.1 Å². The molecule has 3 heterocycles. The number of fused-ring (bicyclic) bond motifs is 2. The zero-order chi connectivity index (χ0) is 16.6. The second-order valence-electron chi connectivity index (χ2n) is 6.21. The molecule has 0 N–H and O–H groups in total. The van der Waals surface area contributed by atoms with Crippen LogP contribution in [0.3, 0.4) is 0 Å². The molecule has 0 bridgehead atoms. The van der Waals surface area contributed by atoms with Gasteiger partial charge in [0, 0.05) is 6.20 Å². The van der Waals surface area contributed by atoms with E-state index in [1.807, 2.05) is 34.8 Å². The largest absolute Gasteiger partial charge is 0.438 e. The molecule has 0 saturated carbocycles. The van der Waals surface area contributed by atoms with Crippen LogP contribution in [0.15, 0.2) is 61.2 Å². The van der Waals surface area contributed by atoms with Gasteiger partial charge in [0.25, 0.3) is 0 Å². The highest BCUT2D eigenvalue weighted by atomic mass is 16.5. The van der Waals surface area contributed by atoms with Gasteiger partial charge in [0.05, 0.1) is 23.0 Å². The molecule has 5 nitrogen and oxygen atoms in total. The third-order valence-electron chi connectivity index (χ3n) is 4.66. The van der Waals surface area contributed by atoms with E-state index in [4.69, 9.17) is 4.74 Å². The molecular weight excluding hydrogens is 312 g/mol. The first-order chi connectivity index (χ1) is 12.4. The zero-order valence-corrected chi connectivity index (χ0v) is 13.6. The molecule has 3 aromatic heterocycles. The predicted molar refractivity (Wildman–Crippen MR) is 94.8 cm³/mol. The van der Waals surface area contributed by atoms with Gasteiger partial charge in [0.1, 0.15) is 12.1 Å². The number of benzene rings is 1. The van der Waals surface area contributed by atoms with Gasteiger partial charge in [-0.15, -0.1) is 0 Å². The highest BCUT2D eigenvalue weighted by Crippen LogP contribution is 2.33. The van der Waals surface area contributed by atoms with E-state index < -0.39 is 0 Å². The van der Waals surface area contributed by atoms with Crippen molar-refractivity contribution in [3.63, 3.8) is 0 Å². The number of nitrogens with zero attached hydrogens (tertiary/aromatic N) is 4. The van der Waals surface area contributed by atoms with Gasteiger partial charge >= 0.3 is 0 Å². The summed E-state index contributed by atoms with van der Waals surface area (Å²) in [6.45, 7) is 0. The highest BCUT2D eigenvalue weighted by molar-refractivity contribution is 5.68. The molecule has 0 unspecified atom stereocenters. The summed E-state index contributed by atoms with van der Waals surface area (Å²) in [5, 5.41) is 4.40. The van der Waals surface area contributed by atoms with Crippen LogP contribution in [0.2, 0.25) is 0 Å². The van der Waals surface area contributed by atoms with Crippen LogP contribution in [0.25, 0.3) is 16.8 Å². The van der Waals surface area contributed by atoms with Crippen molar-refractivity contribution >= 4 is 5.52 Å². The molecule has 122 valence electrons. The molecule has 1 aliphatic rings. The average molecular weight is 328 g/mol. The van der Waals surface area contributed by atoms with Gasteiger partial charge in [0.2, 0.25) is 5.88 Å². The van der Waals surface area contributed by atoms with Crippen molar-refractivity contribution < 1.29 is 4.74 Å². The van der Waals surface area contributed by atoms with Crippen LogP contribution in [-0.4, -0.2) is 19.6 Å². The van der Waals surface area contributed by atoms with E-state index >= 15 is 0 Å². The lowest BCUT2D eigenvalue weighted by Crippen LogP contribution is -1.98. The fourth-order valence-electron chi connectivity index (χ4n) is 3.45. The Bertz CT molecular complexity index is 1070. The van der Waals surface area contributed by atoms with Crippen LogP contribution in [0, 0.1) is 0 Å². The molecule has 1 aromatic carbocycles. The maximum absolute atomic E-state index is 6.12. The predicted octanol–water partition coefficient (Wildman–Crippen LogP) is 4.07. The van der Waals surface area contributed by atoms with Gasteiger partial charge in [0.15, 0.2) is 0 Å². The van der Waals surface area contributed by atoms with Gasteiger partial charge in [-0.2, -0.15) is 5.10 Å². The van der Waals surface area contributed by atoms with Crippen LogP contribution < -0.4 is 4.74 Å². The SMILES string of the molecule is c1cc(-c2cncnc2Oc2ccc3c(c2)CCC3)n2nccc2c1. The summed E-state index contributed by atoms with van der Waals surface area (Å²) in [5.74, 6) is 1.35. The summed E-state index contributed by atoms with van der Waals surface area (Å²) in [5.41, 5.74) is 5.54. The van der Waals surface area contributed by atoms with Gasteiger partial charge in [-0.25, -0.2) is 14.5 Å². The molecule has 0 amide bonds. The summed E-state index contributed by atoms with van der Waals surface area (Å²) in [6.07, 6.45) is 8.56. The summed E-state index contributed by atoms with van der Waals surface area (Å²) in [7, 11) is 0. The first-order valence-electron chi connectivity index (χ1n) is 8.41. The number of hydrogen-bond acceptors (Lipinski definition) is 4. The van der Waals surface area contributed by atoms with Crippen molar-refractivity contribution in [2.45, 2.75) is 19.3 Å². The Balaban J connectivity index is 1.58. The van der Waals surface area contributed by atoms with E-state index in [1.54, 1.807) is 12.4 Å². The highest BCUT2D eigenvalue weighted by Gasteiger charge is 2.15. The molecule has 0 saturated heterocycles. The molecule has 5 rings (SSSR count). The Hall–Kier alpha value is -3.21. The number of ether oxygens (including phenoxy) is 1. The Labute approximate surface area is 144 Å². The average Bonchev–Trinajstić information content (AvgIpc) is 3.30. The van der Waals surface area contributed by atoms with E-state index in [-0.39, 0.29) is 0 Å². The Morgan fingerprint density at radius 2 is 1.96 bits per heavy atom. The number of aryl methyl sites for hydroxylation is 2. The summed E-state index contributed by atoms with van der Waals surface area (Å²) in [6, 6.07) is 14.3. The third-order valence-corrected chi connectivity index (χ3v) is 4.66. The van der Waals surface area contributed by atoms with Crippen LogP contribution in [-0.2, 0) is 12.8 Å². The van der Waals surface area contributed by atoms with Crippen molar-refractivity contribution in [2.24, 2.45) is 0 Å². The van der Waals surface area contributed by atoms with Crippen LogP contribution >= 0.6 is 0 Å². The second kappa shape index (κ2) is 5.70. The summed E-state index contributed by atoms with van der Waals surface area (Å²) < 4.78 is 7.99. The number of rotatable bonds is 3. The Morgan fingerprint density at radius 3 is 2.96 bits per heavy atom. The van der Waals surface area contributed by atoms with Crippen LogP contribution in [0.4, 0.5) is 0 Å². The van der Waals surface area contributed by atoms with E-state index in [2.05, 4.69) is 27.2 Å². The molecule has 4 aromatic rings. The minimum Gasteiger partial charge on any atom is -0.438 e. The van der Waals surface area contributed by atoms with E-state index in [0.29, 0.717) is 5.88 Å². The molecule has 0 spiro atoms. The number of pyridine rings is 1. The molecule has 0 atom stereocenters. The summed E-state index contributed by atoms with van der Waals surface area (Å²) >= 11 is 0. The maximum Gasteiger partial charge on any atom is 0.231 e. The Kier molecular flexibility index (Phi) is 3.23. The monoisotopic (exact) mass is 328 g/mol. The standard InChI is InChI=1S/C20H16N4O/c1-3-14-7-8-17(11-15(14)4-1)25-20-18(12-21-13-22-20)19-6-2-5-16-9-10-23-24(16)19/h2,5-13H,1,3-4H2. The molecular formula is C20H16N4O. The van der Waals surface area contributed by atoms with Crippen molar-refractivity contribution in [3.8, 4) is 22.9 Å². The Morgan fingerprint density at radius 1 is 1.00 bits per heavy atom. The number of hydrogen-bond donors (Lipinski definition) is 0. The molecule has 1 aliphatic carbocycles. The van der Waals surface area contributed by atoms with Crippen LogP contribution in [0.5, 0.6) is 11.6 Å². The maximum atomic E-state index is 6.12. The molecule has 0 fully saturated rings. The zero-order valence-electron chi connectivity index (χ0n) is 13.6. The molecule has 5 heteroatoms.